The summed E-state index contributed by atoms with van der Waals surface area (Å²) in [5.41, 5.74) is 0.856. The molecule has 0 atom stereocenters. The van der Waals surface area contributed by atoms with E-state index in [0.29, 0.717) is 23.1 Å². The molecule has 0 aromatic heterocycles. The number of hydrogen-bond donors (Lipinski definition) is 0. The quantitative estimate of drug-likeness (QED) is 0.593. The minimum atomic E-state index is -0.360. The van der Waals surface area contributed by atoms with E-state index in [1.807, 2.05) is 24.3 Å². The van der Waals surface area contributed by atoms with Crippen LogP contribution in [0, 0.1) is 0 Å². The Bertz CT molecular complexity index is 633. The average molecular weight is 303 g/mol. The molecule has 0 bridgehead atoms. The van der Waals surface area contributed by atoms with Crippen molar-refractivity contribution in [1.29, 1.82) is 0 Å². The van der Waals surface area contributed by atoms with E-state index in [0.717, 1.165) is 5.56 Å². The van der Waals surface area contributed by atoms with Gasteiger partial charge in [0.15, 0.2) is 0 Å². The summed E-state index contributed by atoms with van der Waals surface area (Å²) in [6.45, 7) is 2.13. The van der Waals surface area contributed by atoms with Gasteiger partial charge in [-0.05, 0) is 55.0 Å². The molecule has 0 saturated heterocycles. The van der Waals surface area contributed by atoms with Crippen molar-refractivity contribution < 1.29 is 14.3 Å². The van der Waals surface area contributed by atoms with Gasteiger partial charge in [-0.1, -0.05) is 23.7 Å². The fraction of sp³-hybridized carbons (Fsp3) is 0.118. The number of benzene rings is 2. The molecule has 2 aromatic carbocycles. The van der Waals surface area contributed by atoms with E-state index in [-0.39, 0.29) is 5.97 Å². The summed E-state index contributed by atoms with van der Waals surface area (Å²) in [4.78, 5) is 11.3. The van der Waals surface area contributed by atoms with Crippen molar-refractivity contribution >= 4 is 23.6 Å². The van der Waals surface area contributed by atoms with Crippen molar-refractivity contribution in [2.75, 3.05) is 6.61 Å². The van der Waals surface area contributed by atoms with Crippen LogP contribution in [-0.4, -0.2) is 12.6 Å². The van der Waals surface area contributed by atoms with Gasteiger partial charge in [0.05, 0.1) is 6.61 Å². The number of rotatable bonds is 5. The lowest BCUT2D eigenvalue weighted by atomic mass is 10.2. The molecule has 0 aliphatic heterocycles. The summed E-state index contributed by atoms with van der Waals surface area (Å²) < 4.78 is 10.6. The van der Waals surface area contributed by atoms with Gasteiger partial charge < -0.3 is 9.47 Å². The summed E-state index contributed by atoms with van der Waals surface area (Å²) in [5, 5.41) is 0.661. The molecular weight excluding hydrogens is 288 g/mol. The summed E-state index contributed by atoms with van der Waals surface area (Å²) >= 11 is 5.83. The summed E-state index contributed by atoms with van der Waals surface area (Å²) in [7, 11) is 0. The van der Waals surface area contributed by atoms with Crippen molar-refractivity contribution in [2.24, 2.45) is 0 Å². The van der Waals surface area contributed by atoms with Gasteiger partial charge in [0.25, 0.3) is 0 Å². The SMILES string of the molecule is CCOC(=O)/C=C/c1cccc(Oc2ccc(Cl)cc2)c1. The van der Waals surface area contributed by atoms with E-state index in [1.54, 1.807) is 37.3 Å². The summed E-state index contributed by atoms with van der Waals surface area (Å²) in [5.74, 6) is 1.02. The van der Waals surface area contributed by atoms with Gasteiger partial charge >= 0.3 is 5.97 Å². The third-order valence-corrected chi connectivity index (χ3v) is 2.86. The molecule has 3 nitrogen and oxygen atoms in total. The first-order valence-electron chi connectivity index (χ1n) is 6.55. The Kier molecular flexibility index (Phi) is 5.41. The van der Waals surface area contributed by atoms with E-state index in [2.05, 4.69) is 0 Å². The minimum Gasteiger partial charge on any atom is -0.463 e. The first-order valence-corrected chi connectivity index (χ1v) is 6.93. The van der Waals surface area contributed by atoms with Gasteiger partial charge in [-0.2, -0.15) is 0 Å². The molecule has 0 amide bonds. The predicted molar refractivity (Wildman–Crippen MR) is 83.6 cm³/mol. The molecule has 0 radical (unpaired) electrons. The first kappa shape index (κ1) is 15.1. The van der Waals surface area contributed by atoms with E-state index in [1.165, 1.54) is 6.08 Å². The molecule has 0 fully saturated rings. The van der Waals surface area contributed by atoms with Gasteiger partial charge in [-0.3, -0.25) is 0 Å². The highest BCUT2D eigenvalue weighted by Gasteiger charge is 1.99. The topological polar surface area (TPSA) is 35.5 Å². The molecule has 21 heavy (non-hydrogen) atoms. The van der Waals surface area contributed by atoms with Crippen molar-refractivity contribution in [3.05, 3.63) is 65.2 Å². The number of hydrogen-bond acceptors (Lipinski definition) is 3. The van der Waals surface area contributed by atoms with Gasteiger partial charge in [-0.25, -0.2) is 4.79 Å². The standard InChI is InChI=1S/C17H15ClO3/c1-2-20-17(19)11-6-13-4-3-5-16(12-13)21-15-9-7-14(18)8-10-15/h3-12H,2H2,1H3/b11-6+. The lowest BCUT2D eigenvalue weighted by molar-refractivity contribution is -0.137. The average Bonchev–Trinajstić information content (AvgIpc) is 2.48. The molecule has 2 aromatic rings. The van der Waals surface area contributed by atoms with Gasteiger partial charge in [0.1, 0.15) is 11.5 Å². The van der Waals surface area contributed by atoms with Crippen LogP contribution in [0.5, 0.6) is 11.5 Å². The van der Waals surface area contributed by atoms with Crippen molar-refractivity contribution in [3.63, 3.8) is 0 Å². The first-order chi connectivity index (χ1) is 10.2. The molecule has 4 heteroatoms. The van der Waals surface area contributed by atoms with E-state index in [9.17, 15) is 4.79 Å². The van der Waals surface area contributed by atoms with Crippen LogP contribution in [0.2, 0.25) is 5.02 Å². The zero-order chi connectivity index (χ0) is 15.1. The maximum Gasteiger partial charge on any atom is 0.330 e. The Morgan fingerprint density at radius 2 is 1.90 bits per heavy atom. The number of carbonyl (C=O) groups excluding carboxylic acids is 1. The summed E-state index contributed by atoms with van der Waals surface area (Å²) in [6.07, 6.45) is 3.08. The van der Waals surface area contributed by atoms with Crippen LogP contribution in [0.1, 0.15) is 12.5 Å². The van der Waals surface area contributed by atoms with Crippen LogP contribution in [0.4, 0.5) is 0 Å². The highest BCUT2D eigenvalue weighted by atomic mass is 35.5. The van der Waals surface area contributed by atoms with E-state index < -0.39 is 0 Å². The largest absolute Gasteiger partial charge is 0.463 e. The van der Waals surface area contributed by atoms with Crippen molar-refractivity contribution in [1.82, 2.24) is 0 Å². The van der Waals surface area contributed by atoms with Crippen molar-refractivity contribution in [2.45, 2.75) is 6.92 Å². The normalized spacial score (nSPS) is 10.6. The number of ether oxygens (including phenoxy) is 2. The van der Waals surface area contributed by atoms with Gasteiger partial charge in [-0.15, -0.1) is 0 Å². The van der Waals surface area contributed by atoms with E-state index in [4.69, 9.17) is 21.1 Å². The number of carbonyl (C=O) groups is 1. The van der Waals surface area contributed by atoms with Crippen LogP contribution in [0.25, 0.3) is 6.08 Å². The summed E-state index contributed by atoms with van der Waals surface area (Å²) in [6, 6.07) is 14.5. The smallest absolute Gasteiger partial charge is 0.330 e. The zero-order valence-electron chi connectivity index (χ0n) is 11.6. The lowest BCUT2D eigenvalue weighted by Gasteiger charge is -2.06. The molecule has 0 heterocycles. The van der Waals surface area contributed by atoms with Gasteiger partial charge in [0, 0.05) is 11.1 Å². The molecule has 0 N–H and O–H groups in total. The van der Waals surface area contributed by atoms with Crippen LogP contribution < -0.4 is 4.74 Å². The van der Waals surface area contributed by atoms with Crippen LogP contribution in [0.3, 0.4) is 0 Å². The highest BCUT2D eigenvalue weighted by Crippen LogP contribution is 2.24. The molecule has 0 aliphatic rings. The predicted octanol–water partition coefficient (Wildman–Crippen LogP) is 4.71. The lowest BCUT2D eigenvalue weighted by Crippen LogP contribution is -1.98. The molecule has 0 saturated carbocycles. The maximum absolute atomic E-state index is 11.3. The molecule has 2 rings (SSSR count). The Balaban J connectivity index is 2.07. The molecule has 0 aliphatic carbocycles. The van der Waals surface area contributed by atoms with E-state index >= 15 is 0 Å². The van der Waals surface area contributed by atoms with Crippen LogP contribution in [0.15, 0.2) is 54.6 Å². The van der Waals surface area contributed by atoms with Crippen molar-refractivity contribution in [3.8, 4) is 11.5 Å². The van der Waals surface area contributed by atoms with Crippen LogP contribution >= 0.6 is 11.6 Å². The maximum atomic E-state index is 11.3. The van der Waals surface area contributed by atoms with Gasteiger partial charge in [0.2, 0.25) is 0 Å². The third-order valence-electron chi connectivity index (χ3n) is 2.61. The highest BCUT2D eigenvalue weighted by molar-refractivity contribution is 6.30. The zero-order valence-corrected chi connectivity index (χ0v) is 12.3. The monoisotopic (exact) mass is 302 g/mol. The Morgan fingerprint density at radius 3 is 2.62 bits per heavy atom. The van der Waals surface area contributed by atoms with Crippen LogP contribution in [-0.2, 0) is 9.53 Å². The Morgan fingerprint density at radius 1 is 1.14 bits per heavy atom. The fourth-order valence-electron chi connectivity index (χ4n) is 1.68. The number of esters is 1. The minimum absolute atomic E-state index is 0.360. The second-order valence-corrected chi connectivity index (χ2v) is 4.65. The fourth-order valence-corrected chi connectivity index (χ4v) is 1.80. The molecule has 0 unspecified atom stereocenters. The number of halogens is 1. The molecule has 108 valence electrons. The second-order valence-electron chi connectivity index (χ2n) is 4.21. The third kappa shape index (κ3) is 4.97. The molecular formula is C17H15ClO3. The second kappa shape index (κ2) is 7.50. The Labute approximate surface area is 128 Å². The molecule has 0 spiro atoms. The Hall–Kier alpha value is -2.26.